The maximum atomic E-state index is 13.5. The second-order valence-corrected chi connectivity index (χ2v) is 8.36. The van der Waals surface area contributed by atoms with Crippen LogP contribution >= 0.6 is 0 Å². The number of nitrogens with zero attached hydrogens (tertiary/aromatic N) is 3. The van der Waals surface area contributed by atoms with Crippen molar-refractivity contribution in [3.05, 3.63) is 36.0 Å². The number of benzene rings is 1. The zero-order valence-electron chi connectivity index (χ0n) is 16.0. The standard InChI is InChI=1S/C21H25N3O3/c1-13(2)17-12-27-21-8-10-23(18(21)11-19(25)24(17)21)20(26)15-5-4-6-16-14(15)7-9-22(16)3/h4-7,9,13,17-18H,8,10-12H2,1-3H3/t17-,18+,21-/m0/s1. The molecule has 3 saturated heterocycles. The predicted octanol–water partition coefficient (Wildman–Crippen LogP) is 2.38. The van der Waals surface area contributed by atoms with Crippen molar-refractivity contribution in [2.75, 3.05) is 13.2 Å². The fourth-order valence-electron chi connectivity index (χ4n) is 5.26. The van der Waals surface area contributed by atoms with Gasteiger partial charge in [-0.3, -0.25) is 9.59 Å². The molecule has 142 valence electrons. The first-order valence-corrected chi connectivity index (χ1v) is 9.75. The van der Waals surface area contributed by atoms with Crippen LogP contribution in [-0.4, -0.2) is 57.1 Å². The molecular formula is C21H25N3O3. The molecule has 0 bridgehead atoms. The zero-order valence-corrected chi connectivity index (χ0v) is 16.0. The van der Waals surface area contributed by atoms with Crippen LogP contribution in [0.4, 0.5) is 0 Å². The first-order chi connectivity index (χ1) is 12.9. The molecule has 0 N–H and O–H groups in total. The fraction of sp³-hybridized carbons (Fsp3) is 0.524. The summed E-state index contributed by atoms with van der Waals surface area (Å²) in [7, 11) is 1.98. The van der Waals surface area contributed by atoms with Crippen molar-refractivity contribution < 1.29 is 14.3 Å². The Bertz CT molecular complexity index is 949. The lowest BCUT2D eigenvalue weighted by Crippen LogP contribution is -2.51. The van der Waals surface area contributed by atoms with Crippen LogP contribution < -0.4 is 0 Å². The van der Waals surface area contributed by atoms with E-state index in [1.807, 2.05) is 51.9 Å². The van der Waals surface area contributed by atoms with Gasteiger partial charge in [-0.2, -0.15) is 0 Å². The van der Waals surface area contributed by atoms with Gasteiger partial charge in [-0.1, -0.05) is 19.9 Å². The van der Waals surface area contributed by atoms with E-state index in [1.54, 1.807) is 0 Å². The van der Waals surface area contributed by atoms with Crippen LogP contribution in [0.2, 0.25) is 0 Å². The summed E-state index contributed by atoms with van der Waals surface area (Å²) >= 11 is 0. The highest BCUT2D eigenvalue weighted by atomic mass is 16.5. The van der Waals surface area contributed by atoms with E-state index in [-0.39, 0.29) is 23.9 Å². The van der Waals surface area contributed by atoms with Crippen LogP contribution in [0.25, 0.3) is 10.9 Å². The molecule has 2 amide bonds. The van der Waals surface area contributed by atoms with Gasteiger partial charge in [0.25, 0.3) is 5.91 Å². The average Bonchev–Trinajstić information content (AvgIpc) is 3.36. The molecule has 5 rings (SSSR count). The maximum Gasteiger partial charge on any atom is 0.254 e. The molecule has 0 radical (unpaired) electrons. The Morgan fingerprint density at radius 2 is 2.11 bits per heavy atom. The Labute approximate surface area is 158 Å². The van der Waals surface area contributed by atoms with Crippen molar-refractivity contribution in [1.29, 1.82) is 0 Å². The van der Waals surface area contributed by atoms with Crippen LogP contribution in [0.5, 0.6) is 0 Å². The molecule has 0 aliphatic carbocycles. The van der Waals surface area contributed by atoms with Gasteiger partial charge < -0.3 is 19.1 Å². The van der Waals surface area contributed by atoms with Crippen molar-refractivity contribution >= 4 is 22.7 Å². The molecule has 3 aliphatic rings. The number of carbonyl (C=O) groups is 2. The number of amides is 2. The molecule has 3 atom stereocenters. The molecule has 1 aromatic carbocycles. The number of aromatic nitrogens is 1. The van der Waals surface area contributed by atoms with Crippen LogP contribution in [0, 0.1) is 5.92 Å². The van der Waals surface area contributed by atoms with Gasteiger partial charge in [-0.05, 0) is 24.1 Å². The molecular weight excluding hydrogens is 342 g/mol. The number of carbonyl (C=O) groups excluding carboxylic acids is 2. The summed E-state index contributed by atoms with van der Waals surface area (Å²) in [6, 6.07) is 7.73. The SMILES string of the molecule is CC(C)[C@@H]1CO[C@@]23CCN(C(=O)c4cccc5c4ccn5C)[C@@H]2CC(=O)N13. The monoisotopic (exact) mass is 367 g/mol. The van der Waals surface area contributed by atoms with Crippen molar-refractivity contribution in [2.24, 2.45) is 13.0 Å². The fourth-order valence-corrected chi connectivity index (χ4v) is 5.26. The van der Waals surface area contributed by atoms with E-state index in [0.29, 0.717) is 37.5 Å². The normalized spacial score (nSPS) is 29.9. The van der Waals surface area contributed by atoms with Gasteiger partial charge in [0.05, 0.1) is 25.1 Å². The highest BCUT2D eigenvalue weighted by Gasteiger charge is 2.65. The van der Waals surface area contributed by atoms with Crippen molar-refractivity contribution in [1.82, 2.24) is 14.4 Å². The highest BCUT2D eigenvalue weighted by molar-refractivity contribution is 6.07. The van der Waals surface area contributed by atoms with E-state index in [4.69, 9.17) is 4.74 Å². The second-order valence-electron chi connectivity index (χ2n) is 8.36. The second kappa shape index (κ2) is 5.58. The van der Waals surface area contributed by atoms with Gasteiger partial charge >= 0.3 is 0 Å². The Morgan fingerprint density at radius 3 is 2.89 bits per heavy atom. The lowest BCUT2D eigenvalue weighted by atomic mass is 10.0. The molecule has 27 heavy (non-hydrogen) atoms. The van der Waals surface area contributed by atoms with Gasteiger partial charge in [-0.15, -0.1) is 0 Å². The third-order valence-corrected chi connectivity index (χ3v) is 6.68. The highest BCUT2D eigenvalue weighted by Crippen LogP contribution is 2.49. The topological polar surface area (TPSA) is 54.8 Å². The van der Waals surface area contributed by atoms with Crippen LogP contribution in [0.1, 0.15) is 37.0 Å². The first kappa shape index (κ1) is 16.8. The molecule has 0 saturated carbocycles. The minimum Gasteiger partial charge on any atom is -0.351 e. The average molecular weight is 367 g/mol. The third kappa shape index (κ3) is 2.10. The molecule has 1 aromatic heterocycles. The summed E-state index contributed by atoms with van der Waals surface area (Å²) in [6.45, 7) is 5.45. The largest absolute Gasteiger partial charge is 0.351 e. The van der Waals surface area contributed by atoms with E-state index < -0.39 is 5.72 Å². The van der Waals surface area contributed by atoms with Gasteiger partial charge in [0.2, 0.25) is 5.91 Å². The molecule has 2 aromatic rings. The Morgan fingerprint density at radius 1 is 1.30 bits per heavy atom. The minimum atomic E-state index is -0.619. The summed E-state index contributed by atoms with van der Waals surface area (Å²) in [5, 5.41) is 0.958. The summed E-state index contributed by atoms with van der Waals surface area (Å²) in [4.78, 5) is 30.1. The number of ether oxygens (including phenoxy) is 1. The smallest absolute Gasteiger partial charge is 0.254 e. The van der Waals surface area contributed by atoms with Gasteiger partial charge in [0, 0.05) is 42.7 Å². The number of likely N-dealkylation sites (tertiary alicyclic amines) is 1. The first-order valence-electron chi connectivity index (χ1n) is 9.75. The summed E-state index contributed by atoms with van der Waals surface area (Å²) in [5.74, 6) is 0.460. The molecule has 3 fully saturated rings. The van der Waals surface area contributed by atoms with E-state index in [2.05, 4.69) is 13.8 Å². The number of rotatable bonds is 2. The molecule has 1 spiro atoms. The van der Waals surface area contributed by atoms with E-state index in [0.717, 1.165) is 10.9 Å². The van der Waals surface area contributed by atoms with Crippen LogP contribution in [0.15, 0.2) is 30.5 Å². The minimum absolute atomic E-state index is 0.0000723. The van der Waals surface area contributed by atoms with Crippen molar-refractivity contribution in [3.63, 3.8) is 0 Å². The van der Waals surface area contributed by atoms with Gasteiger partial charge in [0.15, 0.2) is 5.72 Å². The van der Waals surface area contributed by atoms with E-state index >= 15 is 0 Å². The summed E-state index contributed by atoms with van der Waals surface area (Å²) in [5.41, 5.74) is 1.12. The van der Waals surface area contributed by atoms with Crippen LogP contribution in [0.3, 0.4) is 0 Å². The molecule has 0 unspecified atom stereocenters. The number of hydrogen-bond donors (Lipinski definition) is 0. The summed E-state index contributed by atoms with van der Waals surface area (Å²) < 4.78 is 8.27. The molecule has 6 heteroatoms. The summed E-state index contributed by atoms with van der Waals surface area (Å²) in [6.07, 6.45) is 3.03. The maximum absolute atomic E-state index is 13.5. The van der Waals surface area contributed by atoms with Gasteiger partial charge in [0.1, 0.15) is 0 Å². The number of hydrogen-bond acceptors (Lipinski definition) is 3. The number of fused-ring (bicyclic) bond motifs is 1. The van der Waals surface area contributed by atoms with E-state index in [1.165, 1.54) is 0 Å². The Kier molecular flexibility index (Phi) is 3.47. The molecule has 3 aliphatic heterocycles. The van der Waals surface area contributed by atoms with E-state index in [9.17, 15) is 9.59 Å². The van der Waals surface area contributed by atoms with Crippen molar-refractivity contribution in [2.45, 2.75) is 44.5 Å². The number of aryl methyl sites for hydroxylation is 1. The van der Waals surface area contributed by atoms with Crippen molar-refractivity contribution in [3.8, 4) is 0 Å². The lowest BCUT2D eigenvalue weighted by Gasteiger charge is -2.34. The molecule has 6 nitrogen and oxygen atoms in total. The Balaban J connectivity index is 1.51. The third-order valence-electron chi connectivity index (χ3n) is 6.68. The zero-order chi connectivity index (χ0) is 18.9. The lowest BCUT2D eigenvalue weighted by molar-refractivity contribution is -0.139. The predicted molar refractivity (Wildman–Crippen MR) is 101 cm³/mol. The quantitative estimate of drug-likeness (QED) is 0.819. The molecule has 4 heterocycles. The Hall–Kier alpha value is -2.34. The van der Waals surface area contributed by atoms with Crippen LogP contribution in [-0.2, 0) is 16.6 Å². The van der Waals surface area contributed by atoms with Gasteiger partial charge in [-0.25, -0.2) is 0 Å².